The molecular formula is C10H12N4. The van der Waals surface area contributed by atoms with Gasteiger partial charge in [0.05, 0.1) is 17.1 Å². The average molecular weight is 188 g/mol. The van der Waals surface area contributed by atoms with E-state index >= 15 is 0 Å². The third-order valence-corrected chi connectivity index (χ3v) is 2.28. The van der Waals surface area contributed by atoms with Gasteiger partial charge in [-0.15, -0.1) is 0 Å². The van der Waals surface area contributed by atoms with Crippen molar-refractivity contribution in [3.63, 3.8) is 0 Å². The van der Waals surface area contributed by atoms with Crippen LogP contribution in [0.1, 0.15) is 0 Å². The molecule has 2 aromatic carbocycles. The molecule has 4 heteroatoms. The Kier molecular flexibility index (Phi) is 1.64. The largest absolute Gasteiger partial charge is 0.399 e. The molecule has 0 atom stereocenters. The summed E-state index contributed by atoms with van der Waals surface area (Å²) in [6, 6.07) is 7.23. The van der Waals surface area contributed by atoms with E-state index in [4.69, 9.17) is 22.9 Å². The number of nitrogen functional groups attached to an aromatic ring is 4. The van der Waals surface area contributed by atoms with Gasteiger partial charge in [-0.2, -0.15) is 0 Å². The van der Waals surface area contributed by atoms with E-state index in [1.54, 1.807) is 12.1 Å². The van der Waals surface area contributed by atoms with Crippen molar-refractivity contribution in [2.75, 3.05) is 22.9 Å². The summed E-state index contributed by atoms with van der Waals surface area (Å²) in [5.74, 6) is 0. The van der Waals surface area contributed by atoms with Crippen molar-refractivity contribution in [1.82, 2.24) is 0 Å². The molecule has 0 radical (unpaired) electrons. The molecule has 2 aromatic rings. The molecule has 0 fully saturated rings. The molecule has 0 unspecified atom stereocenters. The Morgan fingerprint density at radius 3 is 2.21 bits per heavy atom. The molecule has 0 bridgehead atoms. The molecule has 0 amide bonds. The van der Waals surface area contributed by atoms with E-state index in [1.807, 2.05) is 12.1 Å². The summed E-state index contributed by atoms with van der Waals surface area (Å²) in [5, 5.41) is 1.79. The molecule has 0 spiro atoms. The molecule has 0 saturated heterocycles. The van der Waals surface area contributed by atoms with E-state index in [1.165, 1.54) is 0 Å². The Morgan fingerprint density at radius 1 is 0.786 bits per heavy atom. The van der Waals surface area contributed by atoms with Gasteiger partial charge >= 0.3 is 0 Å². The molecular weight excluding hydrogens is 176 g/mol. The molecule has 0 aliphatic rings. The van der Waals surface area contributed by atoms with Gasteiger partial charge in [-0.05, 0) is 23.6 Å². The van der Waals surface area contributed by atoms with E-state index < -0.39 is 0 Å². The van der Waals surface area contributed by atoms with Crippen LogP contribution in [-0.2, 0) is 0 Å². The maximum Gasteiger partial charge on any atom is 0.0787 e. The minimum atomic E-state index is 0.433. The van der Waals surface area contributed by atoms with Crippen LogP contribution >= 0.6 is 0 Å². The minimum Gasteiger partial charge on any atom is -0.399 e. The van der Waals surface area contributed by atoms with Crippen molar-refractivity contribution in [2.24, 2.45) is 0 Å². The number of benzene rings is 2. The van der Waals surface area contributed by atoms with E-state index in [9.17, 15) is 0 Å². The van der Waals surface area contributed by atoms with E-state index in [-0.39, 0.29) is 0 Å². The normalized spacial score (nSPS) is 10.6. The maximum atomic E-state index is 5.82. The highest BCUT2D eigenvalue weighted by Crippen LogP contribution is 2.32. The molecule has 0 aromatic heterocycles. The Labute approximate surface area is 81.5 Å². The first kappa shape index (κ1) is 8.50. The second-order valence-corrected chi connectivity index (χ2v) is 3.27. The van der Waals surface area contributed by atoms with Gasteiger partial charge in [0, 0.05) is 11.1 Å². The van der Waals surface area contributed by atoms with Crippen LogP contribution in [-0.4, -0.2) is 0 Å². The molecule has 0 saturated carbocycles. The van der Waals surface area contributed by atoms with Crippen LogP contribution < -0.4 is 22.9 Å². The standard InChI is InChI=1S/C10H12N4/c11-6-1-2-7-5(3-6)4-8(12)10(14)9(7)13/h1-4H,11-14H2. The second kappa shape index (κ2) is 2.70. The smallest absolute Gasteiger partial charge is 0.0787 e. The van der Waals surface area contributed by atoms with E-state index in [0.29, 0.717) is 22.7 Å². The van der Waals surface area contributed by atoms with Crippen LogP contribution in [0.5, 0.6) is 0 Å². The summed E-state index contributed by atoms with van der Waals surface area (Å²) in [5.41, 5.74) is 25.0. The van der Waals surface area contributed by atoms with Crippen molar-refractivity contribution < 1.29 is 0 Å². The first-order valence-corrected chi connectivity index (χ1v) is 4.22. The van der Waals surface area contributed by atoms with Crippen molar-refractivity contribution in [3.8, 4) is 0 Å². The summed E-state index contributed by atoms with van der Waals surface area (Å²) < 4.78 is 0. The van der Waals surface area contributed by atoms with Crippen molar-refractivity contribution >= 4 is 33.5 Å². The van der Waals surface area contributed by atoms with Crippen LogP contribution in [0, 0.1) is 0 Å². The SMILES string of the molecule is Nc1ccc2c(N)c(N)c(N)cc2c1. The molecule has 14 heavy (non-hydrogen) atoms. The lowest BCUT2D eigenvalue weighted by molar-refractivity contribution is 1.68. The summed E-state index contributed by atoms with van der Waals surface area (Å²) >= 11 is 0. The van der Waals surface area contributed by atoms with Crippen molar-refractivity contribution in [3.05, 3.63) is 24.3 Å². The number of nitrogens with two attached hydrogens (primary N) is 4. The fourth-order valence-electron chi connectivity index (χ4n) is 1.49. The lowest BCUT2D eigenvalue weighted by Crippen LogP contribution is -2.01. The predicted molar refractivity (Wildman–Crippen MR) is 61.6 cm³/mol. The zero-order chi connectivity index (χ0) is 10.3. The average Bonchev–Trinajstić information content (AvgIpc) is 2.14. The molecule has 2 rings (SSSR count). The van der Waals surface area contributed by atoms with Gasteiger partial charge in [0.25, 0.3) is 0 Å². The van der Waals surface area contributed by atoms with Crippen LogP contribution in [0.4, 0.5) is 22.7 Å². The van der Waals surface area contributed by atoms with E-state index in [2.05, 4.69) is 0 Å². The van der Waals surface area contributed by atoms with Gasteiger partial charge in [-0.3, -0.25) is 0 Å². The highest BCUT2D eigenvalue weighted by Gasteiger charge is 2.05. The molecule has 8 N–H and O–H groups in total. The highest BCUT2D eigenvalue weighted by atomic mass is 14.7. The quantitative estimate of drug-likeness (QED) is 0.466. The minimum absolute atomic E-state index is 0.433. The number of fused-ring (bicyclic) bond motifs is 1. The summed E-state index contributed by atoms with van der Waals surface area (Å²) in [6.45, 7) is 0. The van der Waals surface area contributed by atoms with Gasteiger partial charge in [-0.1, -0.05) is 6.07 Å². The zero-order valence-corrected chi connectivity index (χ0v) is 7.62. The first-order chi connectivity index (χ1) is 6.59. The van der Waals surface area contributed by atoms with Gasteiger partial charge < -0.3 is 22.9 Å². The number of hydrogen-bond donors (Lipinski definition) is 4. The van der Waals surface area contributed by atoms with Gasteiger partial charge in [0.15, 0.2) is 0 Å². The Balaban J connectivity index is 2.91. The Morgan fingerprint density at radius 2 is 1.50 bits per heavy atom. The summed E-state index contributed by atoms with van der Waals surface area (Å²) in [6.07, 6.45) is 0. The van der Waals surface area contributed by atoms with Gasteiger partial charge in [0.2, 0.25) is 0 Å². The third kappa shape index (κ3) is 1.08. The topological polar surface area (TPSA) is 104 Å². The van der Waals surface area contributed by atoms with Crippen LogP contribution in [0.2, 0.25) is 0 Å². The zero-order valence-electron chi connectivity index (χ0n) is 7.62. The van der Waals surface area contributed by atoms with Crippen molar-refractivity contribution in [1.29, 1.82) is 0 Å². The van der Waals surface area contributed by atoms with Crippen molar-refractivity contribution in [2.45, 2.75) is 0 Å². The Hall–Kier alpha value is -2.10. The van der Waals surface area contributed by atoms with E-state index in [0.717, 1.165) is 10.8 Å². The maximum absolute atomic E-state index is 5.82. The van der Waals surface area contributed by atoms with Gasteiger partial charge in [0.1, 0.15) is 0 Å². The Bertz CT molecular complexity index is 505. The monoisotopic (exact) mass is 188 g/mol. The number of hydrogen-bond acceptors (Lipinski definition) is 4. The molecule has 0 aliphatic carbocycles. The summed E-state index contributed by atoms with van der Waals surface area (Å²) in [4.78, 5) is 0. The predicted octanol–water partition coefficient (Wildman–Crippen LogP) is 1.17. The summed E-state index contributed by atoms with van der Waals surface area (Å²) in [7, 11) is 0. The molecule has 0 heterocycles. The second-order valence-electron chi connectivity index (χ2n) is 3.27. The third-order valence-electron chi connectivity index (χ3n) is 2.28. The lowest BCUT2D eigenvalue weighted by atomic mass is 10.1. The van der Waals surface area contributed by atoms with Crippen LogP contribution in [0.15, 0.2) is 24.3 Å². The number of rotatable bonds is 0. The fraction of sp³-hybridized carbons (Fsp3) is 0. The fourth-order valence-corrected chi connectivity index (χ4v) is 1.49. The first-order valence-electron chi connectivity index (χ1n) is 4.22. The van der Waals surface area contributed by atoms with Gasteiger partial charge in [-0.25, -0.2) is 0 Å². The van der Waals surface area contributed by atoms with Crippen LogP contribution in [0.3, 0.4) is 0 Å². The van der Waals surface area contributed by atoms with Crippen LogP contribution in [0.25, 0.3) is 10.8 Å². The molecule has 4 nitrogen and oxygen atoms in total. The highest BCUT2D eigenvalue weighted by molar-refractivity contribution is 6.04. The molecule has 72 valence electrons. The number of anilines is 4. The lowest BCUT2D eigenvalue weighted by Gasteiger charge is -2.08. The molecule has 0 aliphatic heterocycles.